The Labute approximate surface area is 91.9 Å². The van der Waals surface area contributed by atoms with Crippen LogP contribution < -0.4 is 0 Å². The molecule has 0 aliphatic heterocycles. The van der Waals surface area contributed by atoms with E-state index in [0.717, 1.165) is 0 Å². The van der Waals surface area contributed by atoms with Gasteiger partial charge in [0.2, 0.25) is 0 Å². The van der Waals surface area contributed by atoms with Gasteiger partial charge in [0.25, 0.3) is 0 Å². The van der Waals surface area contributed by atoms with Gasteiger partial charge in [0.05, 0.1) is 17.8 Å². The molecule has 0 spiro atoms. The first-order chi connectivity index (χ1) is 7.34. The predicted molar refractivity (Wildman–Crippen MR) is 51.8 cm³/mol. The molecule has 1 aliphatic rings. The zero-order valence-electron chi connectivity index (χ0n) is 8.79. The molecule has 1 rings (SSSR count). The Hall–Kier alpha value is -1.59. The molecular formula is C10H14O6. The third kappa shape index (κ3) is 2.32. The number of carboxylic acids is 3. The van der Waals surface area contributed by atoms with Gasteiger partial charge in [-0.2, -0.15) is 0 Å². The van der Waals surface area contributed by atoms with Gasteiger partial charge >= 0.3 is 17.9 Å². The molecule has 0 heterocycles. The number of hydrogen-bond acceptors (Lipinski definition) is 3. The smallest absolute Gasteiger partial charge is 0.307 e. The molecule has 1 aliphatic carbocycles. The summed E-state index contributed by atoms with van der Waals surface area (Å²) in [6.07, 6.45) is -0.00787. The van der Waals surface area contributed by atoms with Crippen molar-refractivity contribution < 1.29 is 29.7 Å². The van der Waals surface area contributed by atoms with Crippen LogP contribution in [0, 0.1) is 23.7 Å². The van der Waals surface area contributed by atoms with Gasteiger partial charge in [-0.3, -0.25) is 14.4 Å². The Bertz CT molecular complexity index is 323. The summed E-state index contributed by atoms with van der Waals surface area (Å²) in [6.45, 7) is 1.65. The highest BCUT2D eigenvalue weighted by atomic mass is 16.4. The molecule has 1 saturated carbocycles. The molecule has 6 heteroatoms. The highest BCUT2D eigenvalue weighted by Gasteiger charge is 2.44. The summed E-state index contributed by atoms with van der Waals surface area (Å²) in [6, 6.07) is 0. The monoisotopic (exact) mass is 230 g/mol. The Morgan fingerprint density at radius 2 is 1.19 bits per heavy atom. The van der Waals surface area contributed by atoms with Crippen molar-refractivity contribution in [1.82, 2.24) is 0 Å². The van der Waals surface area contributed by atoms with Gasteiger partial charge < -0.3 is 15.3 Å². The lowest BCUT2D eigenvalue weighted by molar-refractivity contribution is -0.161. The summed E-state index contributed by atoms with van der Waals surface area (Å²) in [5, 5.41) is 26.7. The summed E-state index contributed by atoms with van der Waals surface area (Å²) >= 11 is 0. The van der Waals surface area contributed by atoms with E-state index in [1.54, 1.807) is 6.92 Å². The van der Waals surface area contributed by atoms with Gasteiger partial charge in [0, 0.05) is 0 Å². The SMILES string of the molecule is CC1CC(C(=O)O)C(C(=O)O)CC1C(=O)O. The molecule has 4 atom stereocenters. The number of rotatable bonds is 3. The van der Waals surface area contributed by atoms with Gasteiger partial charge in [-0.1, -0.05) is 6.92 Å². The predicted octanol–water partition coefficient (Wildman–Crippen LogP) is 0.519. The second kappa shape index (κ2) is 4.51. The first-order valence-corrected chi connectivity index (χ1v) is 5.03. The first-order valence-electron chi connectivity index (χ1n) is 5.03. The molecule has 0 bridgehead atoms. The number of hydrogen-bond donors (Lipinski definition) is 3. The number of carbonyl (C=O) groups is 3. The molecule has 1 fully saturated rings. The van der Waals surface area contributed by atoms with Crippen LogP contribution in [0.1, 0.15) is 19.8 Å². The van der Waals surface area contributed by atoms with E-state index in [-0.39, 0.29) is 18.8 Å². The van der Waals surface area contributed by atoms with Crippen molar-refractivity contribution in [3.63, 3.8) is 0 Å². The molecule has 6 nitrogen and oxygen atoms in total. The van der Waals surface area contributed by atoms with Crippen LogP contribution in [0.25, 0.3) is 0 Å². The summed E-state index contributed by atoms with van der Waals surface area (Å²) in [7, 11) is 0. The Morgan fingerprint density at radius 3 is 1.56 bits per heavy atom. The third-order valence-corrected chi connectivity index (χ3v) is 3.26. The average molecular weight is 230 g/mol. The van der Waals surface area contributed by atoms with Crippen LogP contribution in [0.4, 0.5) is 0 Å². The fraction of sp³-hybridized carbons (Fsp3) is 0.700. The molecule has 0 saturated heterocycles. The number of aliphatic carboxylic acids is 3. The molecule has 0 aromatic carbocycles. The van der Waals surface area contributed by atoms with E-state index in [0.29, 0.717) is 0 Å². The topological polar surface area (TPSA) is 112 Å². The highest BCUT2D eigenvalue weighted by Crippen LogP contribution is 2.38. The maximum absolute atomic E-state index is 10.9. The largest absolute Gasteiger partial charge is 0.481 e. The van der Waals surface area contributed by atoms with Crippen LogP contribution in [-0.2, 0) is 14.4 Å². The van der Waals surface area contributed by atoms with Crippen molar-refractivity contribution in [2.45, 2.75) is 19.8 Å². The second-order valence-electron chi connectivity index (χ2n) is 4.28. The molecule has 0 aromatic rings. The van der Waals surface area contributed by atoms with Crippen LogP contribution in [0.5, 0.6) is 0 Å². The third-order valence-electron chi connectivity index (χ3n) is 3.26. The Morgan fingerprint density at radius 1 is 0.812 bits per heavy atom. The maximum atomic E-state index is 10.9. The van der Waals surface area contributed by atoms with E-state index in [4.69, 9.17) is 15.3 Å². The molecule has 4 unspecified atom stereocenters. The lowest BCUT2D eigenvalue weighted by atomic mass is 9.69. The van der Waals surface area contributed by atoms with Crippen molar-refractivity contribution in [2.75, 3.05) is 0 Å². The standard InChI is InChI=1S/C10H14O6/c1-4-2-6(9(13)14)7(10(15)16)3-5(4)8(11)12/h4-7H,2-3H2,1H3,(H,11,12)(H,13,14)(H,15,16). The molecule has 16 heavy (non-hydrogen) atoms. The molecule has 0 radical (unpaired) electrons. The average Bonchev–Trinajstić information content (AvgIpc) is 2.15. The van der Waals surface area contributed by atoms with Gasteiger partial charge in [0.15, 0.2) is 0 Å². The summed E-state index contributed by atoms with van der Waals surface area (Å²) in [5.41, 5.74) is 0. The van der Waals surface area contributed by atoms with Crippen LogP contribution >= 0.6 is 0 Å². The van der Waals surface area contributed by atoms with E-state index >= 15 is 0 Å². The van der Waals surface area contributed by atoms with Crippen LogP contribution in [-0.4, -0.2) is 33.2 Å². The highest BCUT2D eigenvalue weighted by molar-refractivity contribution is 5.81. The second-order valence-corrected chi connectivity index (χ2v) is 4.28. The van der Waals surface area contributed by atoms with E-state index in [1.165, 1.54) is 0 Å². The summed E-state index contributed by atoms with van der Waals surface area (Å²) in [4.78, 5) is 32.6. The maximum Gasteiger partial charge on any atom is 0.307 e. The molecular weight excluding hydrogens is 216 g/mol. The van der Waals surface area contributed by atoms with E-state index in [2.05, 4.69) is 0 Å². The van der Waals surface area contributed by atoms with Crippen molar-refractivity contribution in [1.29, 1.82) is 0 Å². The first kappa shape index (κ1) is 12.5. The van der Waals surface area contributed by atoms with Crippen LogP contribution in [0.3, 0.4) is 0 Å². The zero-order valence-corrected chi connectivity index (χ0v) is 8.79. The fourth-order valence-corrected chi connectivity index (χ4v) is 2.29. The van der Waals surface area contributed by atoms with E-state index in [9.17, 15) is 14.4 Å². The molecule has 3 N–H and O–H groups in total. The van der Waals surface area contributed by atoms with Gasteiger partial charge in [-0.05, 0) is 18.8 Å². The van der Waals surface area contributed by atoms with Crippen molar-refractivity contribution in [2.24, 2.45) is 23.7 Å². The lowest BCUT2D eigenvalue weighted by Gasteiger charge is -2.34. The van der Waals surface area contributed by atoms with Gasteiger partial charge in [-0.15, -0.1) is 0 Å². The Balaban J connectivity index is 2.90. The van der Waals surface area contributed by atoms with Gasteiger partial charge in [-0.25, -0.2) is 0 Å². The summed E-state index contributed by atoms with van der Waals surface area (Å²) in [5.74, 6) is -6.61. The van der Waals surface area contributed by atoms with Crippen LogP contribution in [0.15, 0.2) is 0 Å². The van der Waals surface area contributed by atoms with E-state index in [1.807, 2.05) is 0 Å². The zero-order chi connectivity index (χ0) is 12.5. The normalized spacial score (nSPS) is 34.3. The molecule has 0 aromatic heterocycles. The van der Waals surface area contributed by atoms with Gasteiger partial charge in [0.1, 0.15) is 0 Å². The minimum Gasteiger partial charge on any atom is -0.481 e. The van der Waals surface area contributed by atoms with Crippen LogP contribution in [0.2, 0.25) is 0 Å². The van der Waals surface area contributed by atoms with Crippen molar-refractivity contribution in [3.8, 4) is 0 Å². The lowest BCUT2D eigenvalue weighted by Crippen LogP contribution is -2.41. The fourth-order valence-electron chi connectivity index (χ4n) is 2.29. The molecule has 0 amide bonds. The van der Waals surface area contributed by atoms with Crippen molar-refractivity contribution >= 4 is 17.9 Å². The van der Waals surface area contributed by atoms with Crippen molar-refractivity contribution in [3.05, 3.63) is 0 Å². The Kier molecular flexibility index (Phi) is 3.51. The quantitative estimate of drug-likeness (QED) is 0.651. The summed E-state index contributed by atoms with van der Waals surface area (Å²) < 4.78 is 0. The minimum absolute atomic E-state index is 0.100. The molecule has 90 valence electrons. The minimum atomic E-state index is -1.23. The number of carboxylic acid groups (broad SMARTS) is 3. The van der Waals surface area contributed by atoms with E-state index < -0.39 is 35.7 Å².